The Labute approximate surface area is 150 Å². The molecule has 1 aliphatic rings. The van der Waals surface area contributed by atoms with Crippen LogP contribution >= 0.6 is 0 Å². The molecule has 3 aromatic rings. The van der Waals surface area contributed by atoms with Gasteiger partial charge in [-0.15, -0.1) is 0 Å². The van der Waals surface area contributed by atoms with Gasteiger partial charge in [0, 0.05) is 36.2 Å². The molecule has 4 rings (SSSR count). The Morgan fingerprint density at radius 3 is 2.88 bits per heavy atom. The monoisotopic (exact) mass is 350 g/mol. The molecule has 0 radical (unpaired) electrons. The lowest BCUT2D eigenvalue weighted by Gasteiger charge is -2.14. The van der Waals surface area contributed by atoms with E-state index in [4.69, 9.17) is 4.74 Å². The van der Waals surface area contributed by atoms with Crippen LogP contribution in [-0.4, -0.2) is 34.1 Å². The predicted molar refractivity (Wildman–Crippen MR) is 99.1 cm³/mol. The smallest absolute Gasteiger partial charge is 0.270 e. The molecular weight excluding hydrogens is 332 g/mol. The first kappa shape index (κ1) is 16.4. The number of rotatable bonds is 5. The minimum absolute atomic E-state index is 0.0214. The van der Waals surface area contributed by atoms with Gasteiger partial charge in [0.05, 0.1) is 16.5 Å². The summed E-state index contributed by atoms with van der Waals surface area (Å²) in [6, 6.07) is 14.1. The quantitative estimate of drug-likeness (QED) is 0.556. The summed E-state index contributed by atoms with van der Waals surface area (Å²) in [4.78, 5) is 19.8. The molecule has 7 nitrogen and oxygen atoms in total. The van der Waals surface area contributed by atoms with Crippen molar-refractivity contribution >= 4 is 22.4 Å². The highest BCUT2D eigenvalue weighted by molar-refractivity contribution is 5.90. The van der Waals surface area contributed by atoms with Crippen molar-refractivity contribution in [2.75, 3.05) is 18.5 Å². The van der Waals surface area contributed by atoms with Crippen LogP contribution in [0.1, 0.15) is 12.8 Å². The predicted octanol–water partition coefficient (Wildman–Crippen LogP) is 3.80. The number of hydrogen-bond acceptors (Lipinski definition) is 6. The number of nitrogens with one attached hydrogen (secondary N) is 1. The molecule has 7 heteroatoms. The third-order valence-corrected chi connectivity index (χ3v) is 4.44. The zero-order valence-corrected chi connectivity index (χ0v) is 14.1. The number of non-ortho nitro benzene ring substituents is 1. The number of nitrogens with zero attached hydrogens (tertiary/aromatic N) is 3. The van der Waals surface area contributed by atoms with Gasteiger partial charge in [0.1, 0.15) is 5.82 Å². The highest BCUT2D eigenvalue weighted by Gasteiger charge is 2.17. The molecule has 0 aliphatic carbocycles. The fraction of sp³-hybridized carbons (Fsp3) is 0.263. The Hall–Kier alpha value is -3.06. The third kappa shape index (κ3) is 3.34. The Morgan fingerprint density at radius 2 is 2.08 bits per heavy atom. The van der Waals surface area contributed by atoms with Gasteiger partial charge in [-0.25, -0.2) is 9.97 Å². The molecule has 1 fully saturated rings. The molecule has 1 saturated heterocycles. The van der Waals surface area contributed by atoms with Gasteiger partial charge in [-0.05, 0) is 25.0 Å². The van der Waals surface area contributed by atoms with Gasteiger partial charge in [0.15, 0.2) is 5.82 Å². The van der Waals surface area contributed by atoms with Gasteiger partial charge in [-0.2, -0.15) is 0 Å². The Kier molecular flexibility index (Phi) is 4.45. The first-order valence-corrected chi connectivity index (χ1v) is 8.58. The van der Waals surface area contributed by atoms with Crippen LogP contribution in [0.3, 0.4) is 0 Å². The lowest BCUT2D eigenvalue weighted by Crippen LogP contribution is -2.19. The van der Waals surface area contributed by atoms with Crippen LogP contribution in [0.15, 0.2) is 48.5 Å². The molecule has 0 spiro atoms. The number of anilines is 1. The molecule has 2 heterocycles. The highest BCUT2D eigenvalue weighted by atomic mass is 16.6. The van der Waals surface area contributed by atoms with Gasteiger partial charge in [-0.3, -0.25) is 10.1 Å². The van der Waals surface area contributed by atoms with Crippen LogP contribution in [0, 0.1) is 10.1 Å². The van der Waals surface area contributed by atoms with Crippen LogP contribution < -0.4 is 5.32 Å². The molecule has 1 atom stereocenters. The van der Waals surface area contributed by atoms with Crippen molar-refractivity contribution in [3.8, 4) is 11.4 Å². The second-order valence-electron chi connectivity index (χ2n) is 6.24. The minimum atomic E-state index is -0.416. The van der Waals surface area contributed by atoms with Crippen molar-refractivity contribution in [1.82, 2.24) is 9.97 Å². The topological polar surface area (TPSA) is 90.2 Å². The number of hydrogen-bond donors (Lipinski definition) is 1. The van der Waals surface area contributed by atoms with Crippen molar-refractivity contribution < 1.29 is 9.66 Å². The first-order valence-electron chi connectivity index (χ1n) is 8.58. The fourth-order valence-electron chi connectivity index (χ4n) is 3.11. The van der Waals surface area contributed by atoms with Crippen LogP contribution in [0.5, 0.6) is 0 Å². The molecule has 132 valence electrons. The molecule has 1 N–H and O–H groups in total. The second-order valence-corrected chi connectivity index (χ2v) is 6.24. The lowest BCUT2D eigenvalue weighted by molar-refractivity contribution is -0.384. The zero-order valence-electron chi connectivity index (χ0n) is 14.1. The van der Waals surface area contributed by atoms with E-state index in [1.54, 1.807) is 12.1 Å². The van der Waals surface area contributed by atoms with Gasteiger partial charge in [-0.1, -0.05) is 24.3 Å². The number of para-hydroxylation sites is 1. The summed E-state index contributed by atoms with van der Waals surface area (Å²) in [5, 5.41) is 15.3. The molecule has 1 unspecified atom stereocenters. The van der Waals surface area contributed by atoms with Crippen LogP contribution in [0.4, 0.5) is 11.5 Å². The third-order valence-electron chi connectivity index (χ3n) is 4.44. The van der Waals surface area contributed by atoms with Crippen LogP contribution in [-0.2, 0) is 4.74 Å². The van der Waals surface area contributed by atoms with E-state index in [0.29, 0.717) is 23.8 Å². The van der Waals surface area contributed by atoms with E-state index >= 15 is 0 Å². The Balaban J connectivity index is 1.73. The second kappa shape index (κ2) is 7.05. The molecule has 26 heavy (non-hydrogen) atoms. The maximum Gasteiger partial charge on any atom is 0.270 e. The van der Waals surface area contributed by atoms with Crippen molar-refractivity contribution in [1.29, 1.82) is 0 Å². The van der Waals surface area contributed by atoms with Crippen molar-refractivity contribution in [2.24, 2.45) is 0 Å². The van der Waals surface area contributed by atoms with Crippen molar-refractivity contribution in [3.63, 3.8) is 0 Å². The maximum absolute atomic E-state index is 11.1. The van der Waals surface area contributed by atoms with E-state index in [2.05, 4.69) is 15.3 Å². The number of nitro benzene ring substituents is 1. The maximum atomic E-state index is 11.1. The molecular formula is C19H18N4O3. The molecule has 0 saturated carbocycles. The molecule has 1 aliphatic heterocycles. The molecule has 2 aromatic carbocycles. The van der Waals surface area contributed by atoms with Crippen molar-refractivity contribution in [3.05, 3.63) is 58.6 Å². The van der Waals surface area contributed by atoms with E-state index in [-0.39, 0.29) is 11.8 Å². The molecule has 0 bridgehead atoms. The average molecular weight is 350 g/mol. The largest absolute Gasteiger partial charge is 0.376 e. The Morgan fingerprint density at radius 1 is 1.19 bits per heavy atom. The van der Waals surface area contributed by atoms with E-state index in [0.717, 1.165) is 30.4 Å². The summed E-state index contributed by atoms with van der Waals surface area (Å²) in [5.74, 6) is 1.18. The summed E-state index contributed by atoms with van der Waals surface area (Å²) in [5.41, 5.74) is 1.43. The number of benzene rings is 2. The van der Waals surface area contributed by atoms with E-state index in [1.165, 1.54) is 12.1 Å². The number of fused-ring (bicyclic) bond motifs is 1. The number of ether oxygens (including phenoxy) is 1. The summed E-state index contributed by atoms with van der Waals surface area (Å²) in [6.45, 7) is 1.48. The van der Waals surface area contributed by atoms with Gasteiger partial charge in [0.25, 0.3) is 5.69 Å². The van der Waals surface area contributed by atoms with E-state index < -0.39 is 4.92 Å². The van der Waals surface area contributed by atoms with Crippen LogP contribution in [0.25, 0.3) is 22.3 Å². The summed E-state index contributed by atoms with van der Waals surface area (Å²) < 4.78 is 5.66. The van der Waals surface area contributed by atoms with Gasteiger partial charge < -0.3 is 10.1 Å². The van der Waals surface area contributed by atoms with Gasteiger partial charge in [0.2, 0.25) is 0 Å². The summed E-state index contributed by atoms with van der Waals surface area (Å²) >= 11 is 0. The minimum Gasteiger partial charge on any atom is -0.376 e. The lowest BCUT2D eigenvalue weighted by atomic mass is 10.1. The average Bonchev–Trinajstić information content (AvgIpc) is 3.19. The fourth-order valence-corrected chi connectivity index (χ4v) is 3.11. The van der Waals surface area contributed by atoms with E-state index in [1.807, 2.05) is 24.3 Å². The zero-order chi connectivity index (χ0) is 17.9. The molecule has 0 amide bonds. The summed E-state index contributed by atoms with van der Waals surface area (Å²) in [7, 11) is 0. The van der Waals surface area contributed by atoms with Gasteiger partial charge >= 0.3 is 0 Å². The highest BCUT2D eigenvalue weighted by Crippen LogP contribution is 2.27. The normalized spacial score (nSPS) is 16.7. The van der Waals surface area contributed by atoms with Crippen molar-refractivity contribution in [2.45, 2.75) is 18.9 Å². The standard InChI is InChI=1S/C19H18N4O3/c24-23(25)14-6-3-5-13(11-14)18-21-17-9-2-1-8-16(17)19(22-18)20-12-15-7-4-10-26-15/h1-3,5-6,8-9,11,15H,4,7,10,12H2,(H,20,21,22). The van der Waals surface area contributed by atoms with Crippen LogP contribution in [0.2, 0.25) is 0 Å². The number of aromatic nitrogens is 2. The SMILES string of the molecule is O=[N+]([O-])c1cccc(-c2nc(NCC3CCCO3)c3ccccc3n2)c1. The first-order chi connectivity index (χ1) is 12.7. The van der Waals surface area contributed by atoms with E-state index in [9.17, 15) is 10.1 Å². The Bertz CT molecular complexity index is 954. The molecule has 1 aromatic heterocycles. The summed E-state index contributed by atoms with van der Waals surface area (Å²) in [6.07, 6.45) is 2.30. The number of nitro groups is 1.